The van der Waals surface area contributed by atoms with Gasteiger partial charge in [0, 0.05) is 35.0 Å². The SMILES string of the molecule is CNC(c1ccsc1C)C1CSCCN1C. The molecule has 0 bridgehead atoms. The monoisotopic (exact) mass is 256 g/mol. The third kappa shape index (κ3) is 2.45. The number of rotatable bonds is 3. The van der Waals surface area contributed by atoms with E-state index in [1.165, 1.54) is 28.5 Å². The van der Waals surface area contributed by atoms with Gasteiger partial charge in [-0.3, -0.25) is 4.90 Å². The molecule has 2 unspecified atom stereocenters. The Kier molecular flexibility index (Phi) is 4.30. The lowest BCUT2D eigenvalue weighted by Crippen LogP contribution is -2.47. The van der Waals surface area contributed by atoms with E-state index in [-0.39, 0.29) is 0 Å². The van der Waals surface area contributed by atoms with Gasteiger partial charge >= 0.3 is 0 Å². The molecule has 1 saturated heterocycles. The van der Waals surface area contributed by atoms with Crippen LogP contribution in [0.3, 0.4) is 0 Å². The second-order valence-corrected chi connectivity index (χ2v) is 6.59. The summed E-state index contributed by atoms with van der Waals surface area (Å²) in [6.45, 7) is 3.43. The largest absolute Gasteiger partial charge is 0.312 e. The highest BCUT2D eigenvalue weighted by atomic mass is 32.2. The number of thioether (sulfide) groups is 1. The molecule has 2 atom stereocenters. The second-order valence-electron chi connectivity index (χ2n) is 4.32. The minimum absolute atomic E-state index is 0.476. The van der Waals surface area contributed by atoms with Crippen molar-refractivity contribution in [2.24, 2.45) is 0 Å². The van der Waals surface area contributed by atoms with Gasteiger partial charge in [0.2, 0.25) is 0 Å². The highest BCUT2D eigenvalue weighted by molar-refractivity contribution is 7.99. The topological polar surface area (TPSA) is 15.3 Å². The lowest BCUT2D eigenvalue weighted by atomic mass is 10.0. The Balaban J connectivity index is 2.18. The lowest BCUT2D eigenvalue weighted by Gasteiger charge is -2.37. The molecule has 4 heteroatoms. The summed E-state index contributed by atoms with van der Waals surface area (Å²) in [5, 5.41) is 5.70. The first-order valence-electron chi connectivity index (χ1n) is 5.73. The summed E-state index contributed by atoms with van der Waals surface area (Å²) in [6.07, 6.45) is 0. The number of hydrogen-bond donors (Lipinski definition) is 1. The van der Waals surface area contributed by atoms with Crippen LogP contribution >= 0.6 is 23.1 Å². The molecule has 90 valence electrons. The highest BCUT2D eigenvalue weighted by Crippen LogP contribution is 2.30. The van der Waals surface area contributed by atoms with Crippen LogP contribution in [0.5, 0.6) is 0 Å². The summed E-state index contributed by atoms with van der Waals surface area (Å²) in [4.78, 5) is 3.94. The standard InChI is InChI=1S/C12H20N2S2/c1-9-10(4-6-16-9)12(13-2)11-8-15-7-5-14(11)3/h4,6,11-13H,5,7-8H2,1-3H3. The van der Waals surface area contributed by atoms with Gasteiger partial charge in [0.25, 0.3) is 0 Å². The van der Waals surface area contributed by atoms with Gasteiger partial charge in [-0.1, -0.05) is 0 Å². The quantitative estimate of drug-likeness (QED) is 0.894. The van der Waals surface area contributed by atoms with Crippen LogP contribution in [0.25, 0.3) is 0 Å². The maximum Gasteiger partial charge on any atom is 0.0494 e. The zero-order chi connectivity index (χ0) is 11.5. The van der Waals surface area contributed by atoms with Crippen molar-refractivity contribution in [1.29, 1.82) is 0 Å². The normalized spacial score (nSPS) is 24.6. The Morgan fingerprint density at radius 1 is 1.56 bits per heavy atom. The molecule has 1 aliphatic rings. The Bertz CT molecular complexity index is 338. The number of nitrogens with one attached hydrogen (secondary N) is 1. The molecule has 0 amide bonds. The zero-order valence-corrected chi connectivity index (χ0v) is 11.8. The summed E-state index contributed by atoms with van der Waals surface area (Å²) < 4.78 is 0. The third-order valence-corrected chi connectivity index (χ3v) is 5.28. The minimum Gasteiger partial charge on any atom is -0.312 e. The van der Waals surface area contributed by atoms with Crippen LogP contribution in [-0.4, -0.2) is 43.1 Å². The van der Waals surface area contributed by atoms with Crippen LogP contribution in [0.1, 0.15) is 16.5 Å². The van der Waals surface area contributed by atoms with E-state index in [2.05, 4.69) is 54.4 Å². The summed E-state index contributed by atoms with van der Waals surface area (Å²) in [7, 11) is 4.32. The van der Waals surface area contributed by atoms with Crippen molar-refractivity contribution < 1.29 is 0 Å². The van der Waals surface area contributed by atoms with Crippen molar-refractivity contribution in [2.75, 3.05) is 32.1 Å². The molecule has 0 radical (unpaired) electrons. The Hall–Kier alpha value is -0.0300. The number of nitrogens with zero attached hydrogens (tertiary/aromatic N) is 1. The Labute approximate surface area is 106 Å². The second kappa shape index (κ2) is 5.54. The molecule has 0 aliphatic carbocycles. The van der Waals surface area contributed by atoms with E-state index in [1.807, 2.05) is 11.3 Å². The van der Waals surface area contributed by atoms with Gasteiger partial charge in [0.05, 0.1) is 0 Å². The molecule has 1 fully saturated rings. The first kappa shape index (κ1) is 12.4. The van der Waals surface area contributed by atoms with Crippen LogP contribution in [0.15, 0.2) is 11.4 Å². The van der Waals surface area contributed by atoms with Crippen molar-refractivity contribution in [3.8, 4) is 0 Å². The highest BCUT2D eigenvalue weighted by Gasteiger charge is 2.29. The number of hydrogen-bond acceptors (Lipinski definition) is 4. The smallest absolute Gasteiger partial charge is 0.0494 e. The van der Waals surface area contributed by atoms with Crippen molar-refractivity contribution in [3.63, 3.8) is 0 Å². The maximum absolute atomic E-state index is 3.50. The molecule has 1 aromatic rings. The summed E-state index contributed by atoms with van der Waals surface area (Å²) >= 11 is 3.92. The molecular weight excluding hydrogens is 236 g/mol. The molecule has 16 heavy (non-hydrogen) atoms. The number of aryl methyl sites for hydroxylation is 1. The van der Waals surface area contributed by atoms with E-state index >= 15 is 0 Å². The zero-order valence-electron chi connectivity index (χ0n) is 10.2. The molecule has 0 spiro atoms. The van der Waals surface area contributed by atoms with Gasteiger partial charge in [0.1, 0.15) is 0 Å². The fourth-order valence-electron chi connectivity index (χ4n) is 2.33. The lowest BCUT2D eigenvalue weighted by molar-refractivity contribution is 0.221. The van der Waals surface area contributed by atoms with E-state index in [4.69, 9.17) is 0 Å². The molecule has 0 aromatic carbocycles. The first-order chi connectivity index (χ1) is 7.74. The van der Waals surface area contributed by atoms with Gasteiger partial charge in [-0.15, -0.1) is 11.3 Å². The molecule has 2 rings (SSSR count). The fraction of sp³-hybridized carbons (Fsp3) is 0.667. The van der Waals surface area contributed by atoms with E-state index in [1.54, 1.807) is 0 Å². The van der Waals surface area contributed by atoms with Gasteiger partial charge in [-0.05, 0) is 38.0 Å². The molecule has 0 saturated carbocycles. The Morgan fingerprint density at radius 2 is 2.38 bits per heavy atom. The van der Waals surface area contributed by atoms with Gasteiger partial charge in [0.15, 0.2) is 0 Å². The van der Waals surface area contributed by atoms with Crippen LogP contribution in [0, 0.1) is 6.92 Å². The summed E-state index contributed by atoms with van der Waals surface area (Å²) in [5.41, 5.74) is 1.48. The van der Waals surface area contributed by atoms with E-state index in [9.17, 15) is 0 Å². The van der Waals surface area contributed by atoms with Gasteiger partial charge in [-0.25, -0.2) is 0 Å². The molecule has 1 aromatic heterocycles. The third-order valence-electron chi connectivity index (χ3n) is 3.37. The van der Waals surface area contributed by atoms with Crippen molar-refractivity contribution in [2.45, 2.75) is 19.0 Å². The maximum atomic E-state index is 3.50. The average Bonchev–Trinajstić information content (AvgIpc) is 2.69. The van der Waals surface area contributed by atoms with Crippen LogP contribution in [-0.2, 0) is 0 Å². The molecular formula is C12H20N2S2. The molecule has 2 nitrogen and oxygen atoms in total. The number of thiophene rings is 1. The van der Waals surface area contributed by atoms with Gasteiger partial charge < -0.3 is 5.32 Å². The molecule has 1 N–H and O–H groups in total. The van der Waals surface area contributed by atoms with Crippen molar-refractivity contribution >= 4 is 23.1 Å². The first-order valence-corrected chi connectivity index (χ1v) is 7.76. The summed E-state index contributed by atoms with van der Waals surface area (Å²) in [5.74, 6) is 2.50. The average molecular weight is 256 g/mol. The van der Waals surface area contributed by atoms with Crippen molar-refractivity contribution in [3.05, 3.63) is 21.9 Å². The van der Waals surface area contributed by atoms with Crippen molar-refractivity contribution in [1.82, 2.24) is 10.2 Å². The van der Waals surface area contributed by atoms with E-state index in [0.29, 0.717) is 12.1 Å². The van der Waals surface area contributed by atoms with Crippen LogP contribution in [0.2, 0.25) is 0 Å². The van der Waals surface area contributed by atoms with Crippen LogP contribution in [0.4, 0.5) is 0 Å². The Morgan fingerprint density at radius 3 is 2.94 bits per heavy atom. The molecule has 2 heterocycles. The number of likely N-dealkylation sites (N-methyl/N-ethyl adjacent to an activating group) is 2. The van der Waals surface area contributed by atoms with E-state index in [0.717, 1.165) is 0 Å². The predicted octanol–water partition coefficient (Wildman–Crippen LogP) is 2.36. The van der Waals surface area contributed by atoms with Gasteiger partial charge in [-0.2, -0.15) is 11.8 Å². The van der Waals surface area contributed by atoms with E-state index < -0.39 is 0 Å². The summed E-state index contributed by atoms with van der Waals surface area (Å²) in [6, 6.07) is 3.37. The van der Waals surface area contributed by atoms with Crippen LogP contribution < -0.4 is 5.32 Å². The fourth-order valence-corrected chi connectivity index (χ4v) is 4.35. The minimum atomic E-state index is 0.476. The predicted molar refractivity (Wildman–Crippen MR) is 74.6 cm³/mol. The molecule has 1 aliphatic heterocycles.